The van der Waals surface area contributed by atoms with E-state index in [-0.39, 0.29) is 17.6 Å². The van der Waals surface area contributed by atoms with Gasteiger partial charge in [0.05, 0.1) is 5.60 Å². The number of nitrogens with one attached hydrogen (secondary N) is 2. The number of piperidine rings is 1. The lowest BCUT2D eigenvalue weighted by Gasteiger charge is -2.27. The molecule has 4 heteroatoms. The molecule has 1 amide bonds. The lowest BCUT2D eigenvalue weighted by Crippen LogP contribution is -2.39. The van der Waals surface area contributed by atoms with Crippen molar-refractivity contribution in [2.75, 3.05) is 20.2 Å². The second-order valence-corrected chi connectivity index (χ2v) is 6.37. The molecule has 1 fully saturated rings. The van der Waals surface area contributed by atoms with Gasteiger partial charge in [0.15, 0.2) is 0 Å². The molecule has 19 heavy (non-hydrogen) atoms. The van der Waals surface area contributed by atoms with Gasteiger partial charge in [-0.25, -0.2) is 0 Å². The molecule has 0 aromatic carbocycles. The van der Waals surface area contributed by atoms with Crippen LogP contribution in [0.5, 0.6) is 0 Å². The van der Waals surface area contributed by atoms with Gasteiger partial charge < -0.3 is 15.4 Å². The summed E-state index contributed by atoms with van der Waals surface area (Å²) < 4.78 is 5.39. The van der Waals surface area contributed by atoms with E-state index in [9.17, 15) is 4.79 Å². The molecule has 0 aliphatic carbocycles. The molecule has 4 nitrogen and oxygen atoms in total. The highest BCUT2D eigenvalue weighted by atomic mass is 16.5. The quantitative estimate of drug-likeness (QED) is 0.745. The third-order valence-corrected chi connectivity index (χ3v) is 4.00. The van der Waals surface area contributed by atoms with Crippen LogP contribution in [-0.4, -0.2) is 37.7 Å². The third kappa shape index (κ3) is 6.92. The molecule has 0 aromatic rings. The van der Waals surface area contributed by atoms with Gasteiger partial charge in [0.25, 0.3) is 0 Å². The second kappa shape index (κ2) is 7.85. The van der Waals surface area contributed by atoms with Crippen LogP contribution < -0.4 is 10.6 Å². The highest BCUT2D eigenvalue weighted by Gasteiger charge is 2.21. The van der Waals surface area contributed by atoms with E-state index in [1.807, 2.05) is 20.8 Å². The molecule has 112 valence electrons. The van der Waals surface area contributed by atoms with Crippen molar-refractivity contribution in [3.05, 3.63) is 0 Å². The maximum atomic E-state index is 11.9. The summed E-state index contributed by atoms with van der Waals surface area (Å²) in [6.07, 6.45) is 4.93. The molecule has 0 aromatic heterocycles. The van der Waals surface area contributed by atoms with Gasteiger partial charge in [0.2, 0.25) is 5.91 Å². The number of rotatable bonds is 7. The monoisotopic (exact) mass is 270 g/mol. The van der Waals surface area contributed by atoms with Gasteiger partial charge in [-0.2, -0.15) is 0 Å². The number of amides is 1. The Kier molecular flexibility index (Phi) is 6.80. The largest absolute Gasteiger partial charge is 0.379 e. The Bertz CT molecular complexity index is 273. The summed E-state index contributed by atoms with van der Waals surface area (Å²) in [4.78, 5) is 11.9. The van der Waals surface area contributed by atoms with E-state index in [0.29, 0.717) is 6.42 Å². The summed E-state index contributed by atoms with van der Waals surface area (Å²) in [5.74, 6) is 0.899. The Morgan fingerprint density at radius 2 is 2.05 bits per heavy atom. The van der Waals surface area contributed by atoms with Crippen molar-refractivity contribution < 1.29 is 9.53 Å². The number of hydrogen-bond donors (Lipinski definition) is 2. The second-order valence-electron chi connectivity index (χ2n) is 6.37. The number of carbonyl (C=O) groups excluding carboxylic acids is 1. The average molecular weight is 270 g/mol. The molecule has 1 aliphatic rings. The minimum atomic E-state index is -0.179. The predicted octanol–water partition coefficient (Wildman–Crippen LogP) is 2.09. The first-order valence-electron chi connectivity index (χ1n) is 7.48. The zero-order valence-electron chi connectivity index (χ0n) is 12.9. The first-order chi connectivity index (χ1) is 8.93. The standard InChI is InChI=1S/C15H30N2O2/c1-12(11-15(2,3)19-4)17-14(18)6-5-13-7-9-16-10-8-13/h12-13,16H,5-11H2,1-4H3,(H,17,18). The predicted molar refractivity (Wildman–Crippen MR) is 78.1 cm³/mol. The van der Waals surface area contributed by atoms with Crippen LogP contribution in [-0.2, 0) is 9.53 Å². The Balaban J connectivity index is 2.19. The van der Waals surface area contributed by atoms with E-state index in [4.69, 9.17) is 4.74 Å². The van der Waals surface area contributed by atoms with Crippen LogP contribution in [0.4, 0.5) is 0 Å². The molecular formula is C15H30N2O2. The van der Waals surface area contributed by atoms with E-state index in [2.05, 4.69) is 10.6 Å². The highest BCUT2D eigenvalue weighted by molar-refractivity contribution is 5.76. The maximum Gasteiger partial charge on any atom is 0.220 e. The Morgan fingerprint density at radius 3 is 2.63 bits per heavy atom. The van der Waals surface area contributed by atoms with Crippen LogP contribution in [0.15, 0.2) is 0 Å². The van der Waals surface area contributed by atoms with E-state index < -0.39 is 0 Å². The SMILES string of the molecule is COC(C)(C)CC(C)NC(=O)CCC1CCNCC1. The average Bonchev–Trinajstić information content (AvgIpc) is 2.37. The van der Waals surface area contributed by atoms with Crippen LogP contribution in [0.3, 0.4) is 0 Å². The lowest BCUT2D eigenvalue weighted by molar-refractivity contribution is -0.122. The van der Waals surface area contributed by atoms with Gasteiger partial charge in [-0.1, -0.05) is 0 Å². The number of ether oxygens (including phenoxy) is 1. The Labute approximate surface area is 117 Å². The summed E-state index contributed by atoms with van der Waals surface area (Å²) >= 11 is 0. The molecule has 0 saturated carbocycles. The van der Waals surface area contributed by atoms with Crippen molar-refractivity contribution in [2.45, 2.75) is 64.5 Å². The van der Waals surface area contributed by atoms with Gasteiger partial charge in [-0.05, 0) is 65.5 Å². The highest BCUT2D eigenvalue weighted by Crippen LogP contribution is 2.18. The molecule has 1 unspecified atom stereocenters. The van der Waals surface area contributed by atoms with Gasteiger partial charge in [-0.15, -0.1) is 0 Å². The molecule has 1 saturated heterocycles. The fraction of sp³-hybridized carbons (Fsp3) is 0.933. The molecule has 1 atom stereocenters. The van der Waals surface area contributed by atoms with Gasteiger partial charge in [-0.3, -0.25) is 4.79 Å². The molecule has 0 bridgehead atoms. The van der Waals surface area contributed by atoms with Crippen molar-refractivity contribution in [2.24, 2.45) is 5.92 Å². The number of methoxy groups -OCH3 is 1. The molecule has 1 heterocycles. The first kappa shape index (κ1) is 16.4. The van der Waals surface area contributed by atoms with E-state index in [0.717, 1.165) is 31.8 Å². The van der Waals surface area contributed by atoms with Crippen molar-refractivity contribution in [3.8, 4) is 0 Å². The summed E-state index contributed by atoms with van der Waals surface area (Å²) in [6.45, 7) is 8.34. The summed E-state index contributed by atoms with van der Waals surface area (Å²) in [5.41, 5.74) is -0.179. The number of carbonyl (C=O) groups is 1. The van der Waals surface area contributed by atoms with Gasteiger partial charge >= 0.3 is 0 Å². The summed E-state index contributed by atoms with van der Waals surface area (Å²) in [6, 6.07) is 0.162. The van der Waals surface area contributed by atoms with Crippen molar-refractivity contribution in [3.63, 3.8) is 0 Å². The summed E-state index contributed by atoms with van der Waals surface area (Å²) in [5, 5.41) is 6.43. The van der Waals surface area contributed by atoms with E-state index in [1.165, 1.54) is 12.8 Å². The zero-order chi connectivity index (χ0) is 14.3. The minimum absolute atomic E-state index is 0.162. The van der Waals surface area contributed by atoms with Crippen molar-refractivity contribution in [1.82, 2.24) is 10.6 Å². The smallest absolute Gasteiger partial charge is 0.220 e. The molecule has 0 radical (unpaired) electrons. The van der Waals surface area contributed by atoms with E-state index in [1.54, 1.807) is 7.11 Å². The lowest BCUT2D eigenvalue weighted by atomic mass is 9.93. The number of hydrogen-bond acceptors (Lipinski definition) is 3. The van der Waals surface area contributed by atoms with Crippen LogP contribution >= 0.6 is 0 Å². The van der Waals surface area contributed by atoms with Gasteiger partial charge in [0, 0.05) is 19.6 Å². The summed E-state index contributed by atoms with van der Waals surface area (Å²) in [7, 11) is 1.71. The van der Waals surface area contributed by atoms with Crippen LogP contribution in [0.1, 0.15) is 52.9 Å². The molecule has 1 rings (SSSR count). The molecule has 1 aliphatic heterocycles. The van der Waals surface area contributed by atoms with Gasteiger partial charge in [0.1, 0.15) is 0 Å². The zero-order valence-corrected chi connectivity index (χ0v) is 12.9. The van der Waals surface area contributed by atoms with E-state index >= 15 is 0 Å². The van der Waals surface area contributed by atoms with Crippen LogP contribution in [0.2, 0.25) is 0 Å². The van der Waals surface area contributed by atoms with Crippen LogP contribution in [0, 0.1) is 5.92 Å². The Hall–Kier alpha value is -0.610. The topological polar surface area (TPSA) is 50.4 Å². The fourth-order valence-corrected chi connectivity index (χ4v) is 2.72. The minimum Gasteiger partial charge on any atom is -0.379 e. The first-order valence-corrected chi connectivity index (χ1v) is 7.48. The fourth-order valence-electron chi connectivity index (χ4n) is 2.72. The Morgan fingerprint density at radius 1 is 1.42 bits per heavy atom. The van der Waals surface area contributed by atoms with Crippen LogP contribution in [0.25, 0.3) is 0 Å². The molecule has 0 spiro atoms. The molecule has 2 N–H and O–H groups in total. The molecular weight excluding hydrogens is 240 g/mol. The normalized spacial score (nSPS) is 19.2. The maximum absolute atomic E-state index is 11.9. The van der Waals surface area contributed by atoms with Crippen molar-refractivity contribution >= 4 is 5.91 Å². The third-order valence-electron chi connectivity index (χ3n) is 4.00. The van der Waals surface area contributed by atoms with Crippen molar-refractivity contribution in [1.29, 1.82) is 0 Å².